The summed E-state index contributed by atoms with van der Waals surface area (Å²) in [7, 11) is -9.40. The molecule has 3 N–H and O–H groups in total. The normalized spacial score (nSPS) is 20.6. The van der Waals surface area contributed by atoms with Gasteiger partial charge >= 0.3 is 0 Å². The Bertz CT molecular complexity index is 1000. The van der Waals surface area contributed by atoms with Crippen molar-refractivity contribution in [2.24, 2.45) is 5.14 Å². The smallest absolute Gasteiger partial charge is 0.244 e. The van der Waals surface area contributed by atoms with Crippen LogP contribution in [0, 0.1) is 17.5 Å². The van der Waals surface area contributed by atoms with Crippen LogP contribution >= 0.6 is 0 Å². The van der Waals surface area contributed by atoms with Crippen LogP contribution in [0.3, 0.4) is 0 Å². The highest BCUT2D eigenvalue weighted by molar-refractivity contribution is 7.91. The molecule has 0 bridgehead atoms. The summed E-state index contributed by atoms with van der Waals surface area (Å²) >= 11 is 0. The molecule has 0 saturated heterocycles. The zero-order valence-corrected chi connectivity index (χ0v) is 16.0. The molecule has 1 atom stereocenters. The van der Waals surface area contributed by atoms with Crippen LogP contribution in [0.4, 0.5) is 18.9 Å². The summed E-state index contributed by atoms with van der Waals surface area (Å²) in [6, 6.07) is -0.537. The lowest BCUT2D eigenvalue weighted by molar-refractivity contribution is 0.440. The maximum Gasteiger partial charge on any atom is 0.244 e. The van der Waals surface area contributed by atoms with Crippen LogP contribution in [0.15, 0.2) is 34.1 Å². The van der Waals surface area contributed by atoms with E-state index in [1.807, 2.05) is 6.08 Å². The lowest BCUT2D eigenvalue weighted by atomic mass is 10.0. The number of sulfonamides is 1. The number of primary sulfonamides is 1. The highest BCUT2D eigenvalue weighted by atomic mass is 32.2. The predicted octanol–water partition coefficient (Wildman–Crippen LogP) is 2.62. The van der Waals surface area contributed by atoms with E-state index in [0.29, 0.717) is 19.3 Å². The number of rotatable bonds is 5. The Kier molecular flexibility index (Phi) is 6.38. The fraction of sp³-hybridized carbons (Fsp3) is 0.375. The molecule has 27 heavy (non-hydrogen) atoms. The van der Waals surface area contributed by atoms with Gasteiger partial charge in [-0.1, -0.05) is 31.2 Å². The van der Waals surface area contributed by atoms with Crippen molar-refractivity contribution in [1.29, 1.82) is 0 Å². The molecule has 1 aliphatic rings. The molecule has 0 spiro atoms. The van der Waals surface area contributed by atoms with E-state index in [2.05, 4.69) is 5.32 Å². The number of sulfone groups is 1. The summed E-state index contributed by atoms with van der Waals surface area (Å²) in [4.78, 5) is -2.95. The van der Waals surface area contributed by atoms with Gasteiger partial charge in [-0.15, -0.1) is 0 Å². The first-order valence-electron chi connectivity index (χ1n) is 8.05. The van der Waals surface area contributed by atoms with E-state index >= 15 is 0 Å². The van der Waals surface area contributed by atoms with Crippen LogP contribution in [0.25, 0.3) is 0 Å². The Morgan fingerprint density at radius 2 is 1.63 bits per heavy atom. The van der Waals surface area contributed by atoms with Crippen LogP contribution in [-0.4, -0.2) is 28.6 Å². The zero-order chi connectivity index (χ0) is 20.4. The standard InChI is InChI=1S/C16H19F3N2O4S2/c1-2-26(22,23)16-12(18)11(17)15(27(20,24)25)13(19)14(16)21-10-8-6-4-3-5-7-9-10/h3-6,10,21H,2,7-9H2,1H3,(H2,20,24,25)/b5-3+,6-4-/t10-/m0/s1. The van der Waals surface area contributed by atoms with Gasteiger partial charge in [0.25, 0.3) is 0 Å². The van der Waals surface area contributed by atoms with Gasteiger partial charge in [0.1, 0.15) is 4.90 Å². The second kappa shape index (κ2) is 8.03. The molecular weight excluding hydrogens is 405 g/mol. The molecule has 0 aliphatic heterocycles. The molecule has 6 nitrogen and oxygen atoms in total. The largest absolute Gasteiger partial charge is 0.378 e. The molecule has 0 radical (unpaired) electrons. The molecule has 2 rings (SSSR count). The monoisotopic (exact) mass is 424 g/mol. The van der Waals surface area contributed by atoms with E-state index in [0.717, 1.165) is 0 Å². The summed E-state index contributed by atoms with van der Waals surface area (Å²) in [5, 5.41) is 7.34. The minimum absolute atomic E-state index is 0.332. The molecule has 1 aromatic carbocycles. The van der Waals surface area contributed by atoms with Crippen molar-refractivity contribution in [2.45, 2.75) is 42.0 Å². The van der Waals surface area contributed by atoms with Crippen molar-refractivity contribution in [3.8, 4) is 0 Å². The van der Waals surface area contributed by atoms with Crippen molar-refractivity contribution in [3.63, 3.8) is 0 Å². The molecule has 0 unspecified atom stereocenters. The van der Waals surface area contributed by atoms with Gasteiger partial charge in [0.2, 0.25) is 10.0 Å². The third-order valence-corrected chi connectivity index (χ3v) is 6.74. The summed E-state index contributed by atoms with van der Waals surface area (Å²) in [6.07, 6.45) is 8.40. The van der Waals surface area contributed by atoms with Crippen molar-refractivity contribution < 1.29 is 30.0 Å². The van der Waals surface area contributed by atoms with Crippen LogP contribution in [0.5, 0.6) is 0 Å². The third-order valence-electron chi connectivity index (χ3n) is 4.05. The predicted molar refractivity (Wildman–Crippen MR) is 95.0 cm³/mol. The molecule has 0 fully saturated rings. The van der Waals surface area contributed by atoms with E-state index in [1.54, 1.807) is 18.2 Å². The van der Waals surface area contributed by atoms with E-state index in [4.69, 9.17) is 5.14 Å². The molecule has 0 aromatic heterocycles. The van der Waals surface area contributed by atoms with Gasteiger partial charge in [-0.25, -0.2) is 35.1 Å². The number of hydrogen-bond acceptors (Lipinski definition) is 5. The van der Waals surface area contributed by atoms with E-state index in [-0.39, 0.29) is 0 Å². The number of nitrogens with two attached hydrogens (primary N) is 1. The summed E-state index contributed by atoms with van der Waals surface area (Å²) in [5.41, 5.74) is -0.928. The number of benzene rings is 1. The van der Waals surface area contributed by atoms with E-state index in [1.165, 1.54) is 6.92 Å². The van der Waals surface area contributed by atoms with Gasteiger partial charge < -0.3 is 5.32 Å². The number of anilines is 1. The average molecular weight is 424 g/mol. The fourth-order valence-electron chi connectivity index (χ4n) is 2.68. The quantitative estimate of drug-likeness (QED) is 0.707. The summed E-state index contributed by atoms with van der Waals surface area (Å²) < 4.78 is 91.1. The maximum absolute atomic E-state index is 14.8. The molecule has 150 valence electrons. The lowest BCUT2D eigenvalue weighted by Gasteiger charge is -2.23. The van der Waals surface area contributed by atoms with Gasteiger partial charge in [0.15, 0.2) is 32.2 Å². The number of nitrogens with one attached hydrogen (secondary N) is 1. The first kappa shape index (κ1) is 21.5. The number of hydrogen-bond donors (Lipinski definition) is 2. The van der Waals surface area contributed by atoms with Crippen LogP contribution in [0.1, 0.15) is 26.2 Å². The Hall–Kier alpha value is -1.85. The van der Waals surface area contributed by atoms with Crippen LogP contribution < -0.4 is 10.5 Å². The van der Waals surface area contributed by atoms with Crippen molar-refractivity contribution in [1.82, 2.24) is 0 Å². The first-order chi connectivity index (χ1) is 12.5. The Balaban J connectivity index is 2.74. The van der Waals surface area contributed by atoms with Gasteiger partial charge in [-0.05, 0) is 19.3 Å². The Labute approximate surface area is 155 Å². The van der Waals surface area contributed by atoms with Crippen LogP contribution in [0.2, 0.25) is 0 Å². The van der Waals surface area contributed by atoms with Crippen molar-refractivity contribution in [3.05, 3.63) is 41.8 Å². The molecule has 1 aliphatic carbocycles. The molecule has 0 amide bonds. The van der Waals surface area contributed by atoms with E-state index in [9.17, 15) is 30.0 Å². The minimum Gasteiger partial charge on any atom is -0.378 e. The Morgan fingerprint density at radius 3 is 2.22 bits per heavy atom. The van der Waals surface area contributed by atoms with E-state index < -0.39 is 64.6 Å². The zero-order valence-electron chi connectivity index (χ0n) is 14.4. The number of allylic oxidation sites excluding steroid dienone is 3. The fourth-order valence-corrected chi connectivity index (χ4v) is 4.48. The molecular formula is C16H19F3N2O4S2. The molecule has 0 saturated carbocycles. The maximum atomic E-state index is 14.8. The second-order valence-electron chi connectivity index (χ2n) is 5.93. The van der Waals surface area contributed by atoms with Crippen molar-refractivity contribution in [2.75, 3.05) is 11.1 Å². The minimum atomic E-state index is -4.98. The van der Waals surface area contributed by atoms with Gasteiger partial charge in [0.05, 0.1) is 11.4 Å². The van der Waals surface area contributed by atoms with Crippen molar-refractivity contribution >= 4 is 25.5 Å². The first-order valence-corrected chi connectivity index (χ1v) is 11.2. The Morgan fingerprint density at radius 1 is 1.04 bits per heavy atom. The summed E-state index contributed by atoms with van der Waals surface area (Å²) in [6.45, 7) is 1.17. The van der Waals surface area contributed by atoms with Gasteiger partial charge in [-0.2, -0.15) is 0 Å². The third kappa shape index (κ3) is 4.53. The van der Waals surface area contributed by atoms with Gasteiger partial charge in [0, 0.05) is 6.04 Å². The highest BCUT2D eigenvalue weighted by Gasteiger charge is 2.36. The van der Waals surface area contributed by atoms with Crippen LogP contribution in [-0.2, 0) is 19.9 Å². The number of halogens is 3. The summed E-state index contributed by atoms with van der Waals surface area (Å²) in [5.74, 6) is -6.54. The topological polar surface area (TPSA) is 106 Å². The molecule has 11 heteroatoms. The molecule has 0 heterocycles. The SMILES string of the molecule is CCS(=O)(=O)c1c(F)c(F)c(S(N)(=O)=O)c(F)c1N[C@H]1C/C=C\C=C\CC1. The molecule has 1 aromatic rings. The average Bonchev–Trinajstić information content (AvgIpc) is 2.53. The highest BCUT2D eigenvalue weighted by Crippen LogP contribution is 2.36. The second-order valence-corrected chi connectivity index (χ2v) is 9.65. The lowest BCUT2D eigenvalue weighted by Crippen LogP contribution is -2.26. The van der Waals surface area contributed by atoms with Gasteiger partial charge in [-0.3, -0.25) is 0 Å².